The van der Waals surface area contributed by atoms with Gasteiger partial charge in [0.05, 0.1) is 5.69 Å². The molecule has 0 N–H and O–H groups in total. The van der Waals surface area contributed by atoms with E-state index >= 15 is 0 Å². The monoisotopic (exact) mass is 655 g/mol. The maximum absolute atomic E-state index is 4.08. The Balaban J connectivity index is 1.31. The lowest BCUT2D eigenvalue weighted by atomic mass is 9.81. The van der Waals surface area contributed by atoms with E-state index in [0.717, 1.165) is 22.5 Å². The molecule has 8 rings (SSSR count). The number of fused-ring (bicyclic) bond motifs is 3. The highest BCUT2D eigenvalue weighted by molar-refractivity contribution is 5.92. The van der Waals surface area contributed by atoms with Gasteiger partial charge in [0.25, 0.3) is 0 Å². The van der Waals surface area contributed by atoms with Gasteiger partial charge in [0.1, 0.15) is 0 Å². The lowest BCUT2D eigenvalue weighted by Gasteiger charge is -2.32. The first-order valence-electron chi connectivity index (χ1n) is 17.7. The summed E-state index contributed by atoms with van der Waals surface area (Å²) in [6.45, 7) is 11.0. The van der Waals surface area contributed by atoms with Crippen molar-refractivity contribution in [1.82, 2.24) is 0 Å². The summed E-state index contributed by atoms with van der Waals surface area (Å²) >= 11 is 0. The Bertz CT molecular complexity index is 2410. The van der Waals surface area contributed by atoms with Crippen molar-refractivity contribution in [2.75, 3.05) is 4.90 Å². The zero-order valence-corrected chi connectivity index (χ0v) is 29.5. The van der Waals surface area contributed by atoms with Crippen LogP contribution in [0.3, 0.4) is 0 Å². The zero-order valence-electron chi connectivity index (χ0n) is 29.5. The van der Waals surface area contributed by atoms with Gasteiger partial charge in [0.15, 0.2) is 0 Å². The average molecular weight is 656 g/mol. The molecule has 0 amide bonds. The highest BCUT2D eigenvalue weighted by Crippen LogP contribution is 2.54. The van der Waals surface area contributed by atoms with Crippen molar-refractivity contribution >= 4 is 22.6 Å². The summed E-state index contributed by atoms with van der Waals surface area (Å²) in [5.74, 6) is 0. The van der Waals surface area contributed by atoms with E-state index in [1.54, 1.807) is 0 Å². The molecular formula is C50H41N. The second-order valence-corrected chi connectivity index (χ2v) is 13.8. The molecule has 0 bridgehead atoms. The smallest absolute Gasteiger partial charge is 0.0508 e. The summed E-state index contributed by atoms with van der Waals surface area (Å²) in [5, 5.41) is 0. The quantitative estimate of drug-likeness (QED) is 0.147. The number of aryl methyl sites for hydroxylation is 1. The number of anilines is 3. The van der Waals surface area contributed by atoms with Gasteiger partial charge < -0.3 is 4.90 Å². The van der Waals surface area contributed by atoms with Crippen molar-refractivity contribution in [2.24, 2.45) is 0 Å². The van der Waals surface area contributed by atoms with Crippen molar-refractivity contribution in [3.63, 3.8) is 0 Å². The Labute approximate surface area is 302 Å². The predicted molar refractivity (Wildman–Crippen MR) is 218 cm³/mol. The fraction of sp³-hybridized carbons (Fsp3) is 0.0800. The highest BCUT2D eigenvalue weighted by Gasteiger charge is 2.38. The van der Waals surface area contributed by atoms with Gasteiger partial charge in [-0.15, -0.1) is 0 Å². The molecule has 0 radical (unpaired) electrons. The highest BCUT2D eigenvalue weighted by atomic mass is 15.1. The molecule has 0 fully saturated rings. The average Bonchev–Trinajstić information content (AvgIpc) is 3.42. The van der Waals surface area contributed by atoms with E-state index in [-0.39, 0.29) is 5.41 Å². The van der Waals surface area contributed by atoms with E-state index < -0.39 is 0 Å². The van der Waals surface area contributed by atoms with Crippen LogP contribution < -0.4 is 4.90 Å². The van der Waals surface area contributed by atoms with Gasteiger partial charge in [-0.2, -0.15) is 0 Å². The summed E-state index contributed by atoms with van der Waals surface area (Å²) in [4.78, 5) is 2.45. The molecule has 0 aromatic heterocycles. The number of hydrogen-bond acceptors (Lipinski definition) is 1. The fourth-order valence-corrected chi connectivity index (χ4v) is 7.97. The lowest BCUT2D eigenvalue weighted by Crippen LogP contribution is -2.20. The molecule has 51 heavy (non-hydrogen) atoms. The van der Waals surface area contributed by atoms with Crippen LogP contribution in [0.4, 0.5) is 17.1 Å². The Hall–Kier alpha value is -6.18. The maximum atomic E-state index is 4.08. The fourth-order valence-electron chi connectivity index (χ4n) is 7.97. The first kappa shape index (κ1) is 32.0. The second-order valence-electron chi connectivity index (χ2n) is 13.8. The van der Waals surface area contributed by atoms with Crippen molar-refractivity contribution < 1.29 is 0 Å². The van der Waals surface area contributed by atoms with Crippen LogP contribution in [-0.4, -0.2) is 0 Å². The van der Waals surface area contributed by atoms with E-state index in [0.29, 0.717) is 0 Å². The van der Waals surface area contributed by atoms with Crippen LogP contribution in [0.15, 0.2) is 189 Å². The number of rotatable bonds is 8. The van der Waals surface area contributed by atoms with E-state index in [1.807, 2.05) is 6.08 Å². The summed E-state index contributed by atoms with van der Waals surface area (Å²) in [6.07, 6.45) is 4.02. The van der Waals surface area contributed by atoms with E-state index in [2.05, 4.69) is 208 Å². The predicted octanol–water partition coefficient (Wildman–Crippen LogP) is 13.7. The van der Waals surface area contributed by atoms with Crippen molar-refractivity contribution in [2.45, 2.75) is 26.2 Å². The molecule has 0 unspecified atom stereocenters. The van der Waals surface area contributed by atoms with Crippen LogP contribution in [-0.2, 0) is 5.41 Å². The summed E-state index contributed by atoms with van der Waals surface area (Å²) in [7, 11) is 0. The van der Waals surface area contributed by atoms with E-state index in [4.69, 9.17) is 0 Å². The molecule has 1 nitrogen and oxygen atoms in total. The number of hydrogen-bond donors (Lipinski definition) is 0. The molecule has 1 aliphatic carbocycles. The third-order valence-corrected chi connectivity index (χ3v) is 10.4. The van der Waals surface area contributed by atoms with Gasteiger partial charge in [-0.1, -0.05) is 172 Å². The molecule has 0 saturated carbocycles. The molecule has 246 valence electrons. The molecule has 0 spiro atoms. The normalized spacial score (nSPS) is 13.0. The SMILES string of the molecule is C=C/C=C(/c1cccc(N(c2ccc(-c3ccccc3-c3ccccc3)cc2)c2cccc3c2C(C)(C)c2ccccc2-3)c1)c1ccccc1C. The van der Waals surface area contributed by atoms with Gasteiger partial charge in [0.2, 0.25) is 0 Å². The Morgan fingerprint density at radius 2 is 1.16 bits per heavy atom. The largest absolute Gasteiger partial charge is 0.310 e. The first-order chi connectivity index (χ1) is 25.0. The van der Waals surface area contributed by atoms with Gasteiger partial charge in [-0.3, -0.25) is 0 Å². The Morgan fingerprint density at radius 3 is 1.88 bits per heavy atom. The maximum Gasteiger partial charge on any atom is 0.0508 e. The molecule has 1 heteroatoms. The number of benzene rings is 7. The van der Waals surface area contributed by atoms with Gasteiger partial charge in [-0.05, 0) is 104 Å². The van der Waals surface area contributed by atoms with Crippen LogP contribution in [0.5, 0.6) is 0 Å². The third kappa shape index (κ3) is 5.71. The number of allylic oxidation sites excluding steroid dienone is 2. The van der Waals surface area contributed by atoms with Crippen LogP contribution >= 0.6 is 0 Å². The van der Waals surface area contributed by atoms with E-state index in [9.17, 15) is 0 Å². The van der Waals surface area contributed by atoms with Crippen LogP contribution in [0.2, 0.25) is 0 Å². The molecule has 1 aliphatic rings. The molecule has 0 aliphatic heterocycles. The van der Waals surface area contributed by atoms with Crippen LogP contribution in [0.1, 0.15) is 41.7 Å². The number of nitrogens with zero attached hydrogens (tertiary/aromatic N) is 1. The summed E-state index contributed by atoms with van der Waals surface area (Å²) in [5.41, 5.74) is 18.2. The first-order valence-corrected chi connectivity index (χ1v) is 17.7. The summed E-state index contributed by atoms with van der Waals surface area (Å²) < 4.78 is 0. The second kappa shape index (κ2) is 13.3. The molecule has 7 aromatic rings. The lowest BCUT2D eigenvalue weighted by molar-refractivity contribution is 0.661. The molecule has 0 heterocycles. The Morgan fingerprint density at radius 1 is 0.549 bits per heavy atom. The minimum atomic E-state index is -0.179. The molecule has 0 saturated heterocycles. The summed E-state index contributed by atoms with van der Waals surface area (Å²) in [6, 6.07) is 61.6. The van der Waals surface area contributed by atoms with E-state index in [1.165, 1.54) is 61.3 Å². The molecular weight excluding hydrogens is 615 g/mol. The van der Waals surface area contributed by atoms with Gasteiger partial charge in [0, 0.05) is 16.8 Å². The topological polar surface area (TPSA) is 3.24 Å². The standard InChI is InChI=1S/C50H41N/c1-5-17-42(41-23-10-9-18-35(41)2)38-21-15-22-40(34-38)51(48-29-16-27-46-45-26-13-14-28-47(45)50(3,4)49(46)48)39-32-30-37(31-33-39)44-25-12-11-24-43(44)36-19-7-6-8-20-36/h5-34H,1H2,2-4H3/b42-17-. The van der Waals surface area contributed by atoms with Gasteiger partial charge in [-0.25, -0.2) is 0 Å². The van der Waals surface area contributed by atoms with Crippen molar-refractivity contribution in [3.8, 4) is 33.4 Å². The molecule has 0 atom stereocenters. The Kier molecular flexibility index (Phi) is 8.34. The van der Waals surface area contributed by atoms with Crippen molar-refractivity contribution in [1.29, 1.82) is 0 Å². The third-order valence-electron chi connectivity index (χ3n) is 10.4. The minimum absolute atomic E-state index is 0.179. The van der Waals surface area contributed by atoms with Gasteiger partial charge >= 0.3 is 0 Å². The minimum Gasteiger partial charge on any atom is -0.310 e. The van der Waals surface area contributed by atoms with Crippen molar-refractivity contribution in [3.05, 3.63) is 216 Å². The zero-order chi connectivity index (χ0) is 35.0. The molecule has 7 aromatic carbocycles. The van der Waals surface area contributed by atoms with Crippen LogP contribution in [0.25, 0.3) is 39.0 Å². The van der Waals surface area contributed by atoms with Crippen LogP contribution in [0, 0.1) is 6.92 Å².